The monoisotopic (exact) mass is 470 g/mol. The average molecular weight is 471 g/mol. The molecular weight excluding hydrogens is 452 g/mol. The first-order chi connectivity index (χ1) is 15.0. The molecule has 1 amide bonds. The number of aliphatic hydroxyl groups is 1. The normalized spacial score (nSPS) is 17.4. The molecule has 0 bridgehead atoms. The molecule has 1 aliphatic rings. The van der Waals surface area contributed by atoms with Crippen LogP contribution in [0, 0.1) is 0 Å². The van der Waals surface area contributed by atoms with E-state index < -0.39 is 6.23 Å². The average Bonchev–Trinajstić information content (AvgIpc) is 3.33. The first kappa shape index (κ1) is 21.6. The Kier molecular flexibility index (Phi) is 6.77. The third kappa shape index (κ3) is 5.19. The molecule has 1 fully saturated rings. The van der Waals surface area contributed by atoms with Gasteiger partial charge in [-0.15, -0.1) is 0 Å². The Balaban J connectivity index is 1.41. The fourth-order valence-corrected chi connectivity index (χ4v) is 4.68. The van der Waals surface area contributed by atoms with Crippen molar-refractivity contribution >= 4 is 51.9 Å². The molecule has 1 aromatic heterocycles. The lowest BCUT2D eigenvalue weighted by Crippen LogP contribution is -2.41. The summed E-state index contributed by atoms with van der Waals surface area (Å²) in [6, 6.07) is 20.7. The number of amides is 1. The SMILES string of the molecule is O=C(CN1C(=S)S/C(=C\c2ccc(-c3ccccc3Cl)o2)C1O)NCc1ccccc1. The van der Waals surface area contributed by atoms with E-state index in [0.717, 1.165) is 11.1 Å². The highest BCUT2D eigenvalue weighted by Gasteiger charge is 2.33. The van der Waals surface area contributed by atoms with E-state index >= 15 is 0 Å². The fourth-order valence-electron chi connectivity index (χ4n) is 3.10. The molecule has 2 aromatic carbocycles. The van der Waals surface area contributed by atoms with Crippen LogP contribution < -0.4 is 5.32 Å². The van der Waals surface area contributed by atoms with Gasteiger partial charge in [0, 0.05) is 17.0 Å². The van der Waals surface area contributed by atoms with Gasteiger partial charge in [-0.25, -0.2) is 0 Å². The second-order valence-corrected chi connectivity index (χ2v) is 8.97. The summed E-state index contributed by atoms with van der Waals surface area (Å²) in [4.78, 5) is 14.4. The number of nitrogens with zero attached hydrogens (tertiary/aromatic N) is 1. The smallest absolute Gasteiger partial charge is 0.239 e. The Bertz CT molecular complexity index is 1130. The van der Waals surface area contributed by atoms with Crippen molar-refractivity contribution in [2.24, 2.45) is 0 Å². The van der Waals surface area contributed by atoms with Crippen molar-refractivity contribution in [2.45, 2.75) is 12.8 Å². The predicted molar refractivity (Wildman–Crippen MR) is 128 cm³/mol. The minimum absolute atomic E-state index is 0.0276. The van der Waals surface area contributed by atoms with E-state index in [1.165, 1.54) is 16.7 Å². The summed E-state index contributed by atoms with van der Waals surface area (Å²) in [6.45, 7) is 0.392. The molecule has 2 N–H and O–H groups in total. The topological polar surface area (TPSA) is 65.7 Å². The predicted octanol–water partition coefficient (Wildman–Crippen LogP) is 4.91. The molecule has 3 aromatic rings. The molecule has 31 heavy (non-hydrogen) atoms. The maximum Gasteiger partial charge on any atom is 0.239 e. The minimum Gasteiger partial charge on any atom is -0.457 e. The number of hydrogen-bond acceptors (Lipinski definition) is 5. The second-order valence-electron chi connectivity index (χ2n) is 6.86. The zero-order valence-electron chi connectivity index (χ0n) is 16.3. The first-order valence-electron chi connectivity index (χ1n) is 9.55. The maximum atomic E-state index is 12.3. The summed E-state index contributed by atoms with van der Waals surface area (Å²) < 4.78 is 6.31. The summed E-state index contributed by atoms with van der Waals surface area (Å²) >= 11 is 12.8. The van der Waals surface area contributed by atoms with Crippen molar-refractivity contribution in [3.8, 4) is 11.3 Å². The number of benzene rings is 2. The molecule has 0 aliphatic carbocycles. The number of furan rings is 1. The third-order valence-electron chi connectivity index (χ3n) is 4.69. The summed E-state index contributed by atoms with van der Waals surface area (Å²) in [5.41, 5.74) is 1.79. The van der Waals surface area contributed by atoms with Crippen LogP contribution in [-0.4, -0.2) is 33.0 Å². The number of aliphatic hydroxyl groups excluding tert-OH is 1. The number of nitrogens with one attached hydrogen (secondary N) is 1. The largest absolute Gasteiger partial charge is 0.457 e. The summed E-state index contributed by atoms with van der Waals surface area (Å²) in [5, 5.41) is 14.1. The summed E-state index contributed by atoms with van der Waals surface area (Å²) in [6.07, 6.45) is 0.720. The summed E-state index contributed by atoms with van der Waals surface area (Å²) in [5.74, 6) is 0.982. The van der Waals surface area contributed by atoms with Gasteiger partial charge >= 0.3 is 0 Å². The van der Waals surface area contributed by atoms with Crippen LogP contribution in [0.25, 0.3) is 17.4 Å². The molecule has 1 saturated heterocycles. The van der Waals surface area contributed by atoms with E-state index in [4.69, 9.17) is 28.2 Å². The lowest BCUT2D eigenvalue weighted by molar-refractivity contribution is -0.122. The van der Waals surface area contributed by atoms with Gasteiger partial charge in [-0.3, -0.25) is 4.79 Å². The van der Waals surface area contributed by atoms with Gasteiger partial charge in [-0.2, -0.15) is 0 Å². The van der Waals surface area contributed by atoms with Crippen molar-refractivity contribution in [1.82, 2.24) is 10.2 Å². The molecule has 0 radical (unpaired) electrons. The molecule has 0 saturated carbocycles. The lowest BCUT2D eigenvalue weighted by Gasteiger charge is -2.20. The van der Waals surface area contributed by atoms with Crippen LogP contribution in [0.5, 0.6) is 0 Å². The van der Waals surface area contributed by atoms with Crippen molar-refractivity contribution in [2.75, 3.05) is 6.54 Å². The van der Waals surface area contributed by atoms with Crippen LogP contribution in [0.3, 0.4) is 0 Å². The Labute approximate surface area is 194 Å². The zero-order chi connectivity index (χ0) is 21.8. The van der Waals surface area contributed by atoms with Gasteiger partial charge in [-0.05, 0) is 35.9 Å². The van der Waals surface area contributed by atoms with Crippen molar-refractivity contribution in [1.29, 1.82) is 0 Å². The maximum absolute atomic E-state index is 12.3. The molecular formula is C23H19ClN2O3S2. The van der Waals surface area contributed by atoms with Gasteiger partial charge in [0.05, 0.1) is 5.02 Å². The van der Waals surface area contributed by atoms with Crippen LogP contribution in [0.4, 0.5) is 0 Å². The third-order valence-corrected chi connectivity index (χ3v) is 6.47. The molecule has 8 heteroatoms. The molecule has 2 heterocycles. The second kappa shape index (κ2) is 9.70. The highest BCUT2D eigenvalue weighted by molar-refractivity contribution is 8.25. The number of thioether (sulfide) groups is 1. The molecule has 5 nitrogen and oxygen atoms in total. The molecule has 158 valence electrons. The summed E-state index contributed by atoms with van der Waals surface area (Å²) in [7, 11) is 0. The quantitative estimate of drug-likeness (QED) is 0.499. The highest BCUT2D eigenvalue weighted by Crippen LogP contribution is 2.36. The van der Waals surface area contributed by atoms with Crippen molar-refractivity contribution in [3.05, 3.63) is 88.0 Å². The Morgan fingerprint density at radius 3 is 2.68 bits per heavy atom. The van der Waals surface area contributed by atoms with Gasteiger partial charge in [0.15, 0.2) is 6.23 Å². The Morgan fingerprint density at radius 1 is 1.16 bits per heavy atom. The van der Waals surface area contributed by atoms with Gasteiger partial charge in [-0.1, -0.05) is 78.0 Å². The van der Waals surface area contributed by atoms with E-state index in [-0.39, 0.29) is 12.5 Å². The van der Waals surface area contributed by atoms with Crippen molar-refractivity contribution in [3.63, 3.8) is 0 Å². The van der Waals surface area contributed by atoms with Crippen LogP contribution in [-0.2, 0) is 11.3 Å². The van der Waals surface area contributed by atoms with Gasteiger partial charge in [0.1, 0.15) is 22.4 Å². The van der Waals surface area contributed by atoms with E-state index in [1.54, 1.807) is 18.2 Å². The number of halogens is 1. The molecule has 1 atom stereocenters. The molecule has 1 aliphatic heterocycles. The van der Waals surface area contributed by atoms with Gasteiger partial charge < -0.3 is 19.7 Å². The van der Waals surface area contributed by atoms with Crippen LogP contribution in [0.1, 0.15) is 11.3 Å². The fraction of sp³-hybridized carbons (Fsp3) is 0.130. The Morgan fingerprint density at radius 2 is 1.90 bits per heavy atom. The van der Waals surface area contributed by atoms with E-state index in [9.17, 15) is 9.90 Å². The highest BCUT2D eigenvalue weighted by atomic mass is 35.5. The van der Waals surface area contributed by atoms with E-state index in [0.29, 0.717) is 32.3 Å². The van der Waals surface area contributed by atoms with Gasteiger partial charge in [0.2, 0.25) is 5.91 Å². The van der Waals surface area contributed by atoms with Gasteiger partial charge in [0.25, 0.3) is 0 Å². The van der Waals surface area contributed by atoms with E-state index in [2.05, 4.69) is 5.32 Å². The van der Waals surface area contributed by atoms with Crippen LogP contribution in [0.2, 0.25) is 5.02 Å². The molecule has 1 unspecified atom stereocenters. The lowest BCUT2D eigenvalue weighted by atomic mass is 10.2. The number of thiocarbonyl (C=S) groups is 1. The molecule has 4 rings (SSSR count). The van der Waals surface area contributed by atoms with E-state index in [1.807, 2.05) is 54.6 Å². The van der Waals surface area contributed by atoms with Crippen LogP contribution in [0.15, 0.2) is 76.1 Å². The van der Waals surface area contributed by atoms with Crippen LogP contribution >= 0.6 is 35.6 Å². The molecule has 0 spiro atoms. The zero-order valence-corrected chi connectivity index (χ0v) is 18.7. The van der Waals surface area contributed by atoms with Crippen molar-refractivity contribution < 1.29 is 14.3 Å². The minimum atomic E-state index is -1.01. The number of carbonyl (C=O) groups excluding carboxylic acids is 1. The first-order valence-corrected chi connectivity index (χ1v) is 11.1. The standard InChI is InChI=1S/C23H19ClN2O3S2/c24-18-9-5-4-8-17(18)19-11-10-16(29-19)12-20-22(28)26(23(30)31-20)14-21(27)25-13-15-6-2-1-3-7-15/h1-12,22,28H,13-14H2,(H,25,27)/b20-12-. The Hall–Kier alpha value is -2.58. The number of carbonyl (C=O) groups is 1. The number of rotatable bonds is 6. The number of hydrogen-bond donors (Lipinski definition) is 2.